The molecular formula is C72H48N8NiO6. The minimum absolute atomic E-state index is 0. The van der Waals surface area contributed by atoms with Gasteiger partial charge in [0.25, 0.3) is 0 Å². The first-order valence-corrected chi connectivity index (χ1v) is 27.2. The van der Waals surface area contributed by atoms with E-state index in [2.05, 4.69) is 248 Å². The monoisotopic (exact) mass is 1180 g/mol. The van der Waals surface area contributed by atoms with Crippen molar-refractivity contribution in [2.45, 2.75) is 0 Å². The Bertz CT molecular complexity index is 4060. The molecular weight excluding hydrogens is 1130 g/mol. The molecule has 6 heterocycles. The molecule has 0 aliphatic heterocycles. The molecule has 0 radical (unpaired) electrons. The number of rotatable bonds is 6. The smallest absolute Gasteiger partial charge is 0.356 e. The van der Waals surface area contributed by atoms with Gasteiger partial charge < -0.3 is 30.6 Å². The first-order valence-electron chi connectivity index (χ1n) is 27.2. The third-order valence-electron chi connectivity index (χ3n) is 14.4. The second kappa shape index (κ2) is 27.6. The van der Waals surface area contributed by atoms with Gasteiger partial charge in [0.05, 0.1) is 43.3 Å². The summed E-state index contributed by atoms with van der Waals surface area (Å²) in [7, 11) is 0. The maximum atomic E-state index is 8.25. The predicted octanol–water partition coefficient (Wildman–Crippen LogP) is 17.9. The fourth-order valence-electron chi connectivity index (χ4n) is 10.7. The van der Waals surface area contributed by atoms with E-state index in [-0.39, 0.29) is 16.5 Å². The number of aromatic nitrogens is 6. The van der Waals surface area contributed by atoms with Gasteiger partial charge in [-0.05, 0) is 103 Å². The second-order valence-electron chi connectivity index (χ2n) is 19.4. The van der Waals surface area contributed by atoms with Crippen molar-refractivity contribution in [3.05, 3.63) is 323 Å². The van der Waals surface area contributed by atoms with E-state index in [0.717, 1.165) is 65.4 Å². The van der Waals surface area contributed by atoms with Gasteiger partial charge in [0.1, 0.15) is 0 Å². The van der Waals surface area contributed by atoms with Crippen LogP contribution in [0.25, 0.3) is 132 Å². The maximum Gasteiger partial charge on any atom is 2.00 e. The Kier molecular flexibility index (Phi) is 18.6. The molecule has 0 spiro atoms. The largest absolute Gasteiger partial charge is 2.00 e. The molecule has 15 rings (SSSR count). The summed E-state index contributed by atoms with van der Waals surface area (Å²) in [5, 5.41) is 36.3. The molecule has 9 aromatic carbocycles. The number of nitrogens with zero attached hydrogens (tertiary/aromatic N) is 8. The zero-order chi connectivity index (χ0) is 59.2. The molecule has 87 heavy (non-hydrogen) atoms. The van der Waals surface area contributed by atoms with E-state index < -0.39 is 10.2 Å². The molecule has 0 atom stereocenters. The van der Waals surface area contributed by atoms with Crippen LogP contribution in [0.15, 0.2) is 292 Å². The topological polar surface area (TPSA) is 210 Å². The Morgan fingerprint density at radius 3 is 0.460 bits per heavy atom. The summed E-state index contributed by atoms with van der Waals surface area (Å²) in [5.41, 5.74) is 19.9. The minimum atomic E-state index is -1.75. The molecule has 0 bridgehead atoms. The second-order valence-corrected chi connectivity index (χ2v) is 19.4. The zero-order valence-electron chi connectivity index (χ0n) is 46.1. The van der Waals surface area contributed by atoms with Crippen LogP contribution in [-0.2, 0) is 16.5 Å². The van der Waals surface area contributed by atoms with Gasteiger partial charge in [-0.2, -0.15) is 0 Å². The summed E-state index contributed by atoms with van der Waals surface area (Å²) in [6, 6.07) is 88.0. The number of benzene rings is 9. The zero-order valence-corrected chi connectivity index (χ0v) is 47.0. The van der Waals surface area contributed by atoms with Gasteiger partial charge >= 0.3 is 16.5 Å². The maximum absolute atomic E-state index is 8.25. The van der Waals surface area contributed by atoms with E-state index in [9.17, 15) is 0 Å². The van der Waals surface area contributed by atoms with E-state index in [1.807, 2.05) is 73.6 Å². The summed E-state index contributed by atoms with van der Waals surface area (Å²) in [6.45, 7) is 0. The van der Waals surface area contributed by atoms with E-state index in [1.165, 1.54) is 66.8 Å². The van der Waals surface area contributed by atoms with Gasteiger partial charge in [-0.3, -0.25) is 29.9 Å². The number of pyridine rings is 6. The van der Waals surface area contributed by atoms with Gasteiger partial charge in [-0.15, -0.1) is 0 Å². The van der Waals surface area contributed by atoms with E-state index in [1.54, 1.807) is 0 Å². The fourth-order valence-corrected chi connectivity index (χ4v) is 10.7. The Hall–Kier alpha value is -11.7. The van der Waals surface area contributed by atoms with Crippen LogP contribution in [0.3, 0.4) is 0 Å². The average Bonchev–Trinajstić information content (AvgIpc) is 1.86. The van der Waals surface area contributed by atoms with Gasteiger partial charge in [0.15, 0.2) is 0 Å². The molecule has 0 saturated heterocycles. The molecule has 0 N–H and O–H groups in total. The molecule has 0 unspecified atom stereocenters. The van der Waals surface area contributed by atoms with Crippen molar-refractivity contribution >= 4 is 65.4 Å². The van der Waals surface area contributed by atoms with Crippen molar-refractivity contribution in [3.63, 3.8) is 0 Å². The summed E-state index contributed by atoms with van der Waals surface area (Å²) < 4.78 is 0. The molecule has 14 nitrogen and oxygen atoms in total. The van der Waals surface area contributed by atoms with Crippen LogP contribution in [0.4, 0.5) is 0 Å². The normalized spacial score (nSPS) is 10.5. The first-order chi connectivity index (χ1) is 42.2. The molecule has 422 valence electrons. The Morgan fingerprint density at radius 2 is 0.333 bits per heavy atom. The van der Waals surface area contributed by atoms with Crippen molar-refractivity contribution in [1.82, 2.24) is 29.9 Å². The third-order valence-corrected chi connectivity index (χ3v) is 14.4. The van der Waals surface area contributed by atoms with Crippen LogP contribution in [0, 0.1) is 30.6 Å². The summed E-state index contributed by atoms with van der Waals surface area (Å²) in [6.07, 6.45) is 11.3. The Labute approximate surface area is 508 Å². The fraction of sp³-hybridized carbons (Fsp3) is 0. The first kappa shape index (κ1) is 58.5. The SMILES string of the molecule is O=[N+]([O-])[O-].O=[N+]([O-])[O-].[Ni+2].c1ccc(-c2ccnc3c2ccc2c(-c4ccccc4)ccnc23)cc1.c1ccc(-c2ccnc3c2ccc2c(-c4ccccc4)ccnc23)cc1.c1ccc(-c2ccnc3c2ccc2c(-c4ccccc4)ccnc23)cc1. The Morgan fingerprint density at radius 1 is 0.207 bits per heavy atom. The van der Waals surface area contributed by atoms with Crippen molar-refractivity contribution in [1.29, 1.82) is 0 Å². The summed E-state index contributed by atoms with van der Waals surface area (Å²) >= 11 is 0. The van der Waals surface area contributed by atoms with Crippen LogP contribution >= 0.6 is 0 Å². The molecule has 15 heteroatoms. The standard InChI is InChI=1S/3C24H16N2.2NO3.Ni/c3*1-3-7-17(8-4-1)19-13-15-25-23-21(19)11-12-22-20(14-16-26-24(22)23)18-9-5-2-6-10-18;2*2-1(3)4;/h3*1-16H;;;/q;;;2*-1;+2. The van der Waals surface area contributed by atoms with Crippen molar-refractivity contribution in [2.75, 3.05) is 0 Å². The predicted molar refractivity (Wildman–Crippen MR) is 344 cm³/mol. The Balaban J connectivity index is 0.000000135. The number of fused-ring (bicyclic) bond motifs is 9. The van der Waals surface area contributed by atoms with E-state index in [0.29, 0.717) is 0 Å². The van der Waals surface area contributed by atoms with Gasteiger partial charge in [0, 0.05) is 69.5 Å². The average molecular weight is 1180 g/mol. The van der Waals surface area contributed by atoms with E-state index >= 15 is 0 Å². The van der Waals surface area contributed by atoms with Crippen molar-refractivity contribution in [3.8, 4) is 66.8 Å². The van der Waals surface area contributed by atoms with Crippen molar-refractivity contribution in [2.24, 2.45) is 0 Å². The van der Waals surface area contributed by atoms with Gasteiger partial charge in [0.2, 0.25) is 0 Å². The van der Waals surface area contributed by atoms with Gasteiger partial charge in [-0.1, -0.05) is 218 Å². The third kappa shape index (κ3) is 13.2. The van der Waals surface area contributed by atoms with Crippen LogP contribution in [0.1, 0.15) is 0 Å². The molecule has 0 amide bonds. The number of hydrogen-bond acceptors (Lipinski definition) is 12. The number of hydrogen-bond donors (Lipinski definition) is 0. The van der Waals surface area contributed by atoms with E-state index in [4.69, 9.17) is 30.6 Å². The van der Waals surface area contributed by atoms with Crippen LogP contribution < -0.4 is 0 Å². The molecule has 0 fully saturated rings. The van der Waals surface area contributed by atoms with Crippen LogP contribution in [0.2, 0.25) is 0 Å². The molecule has 15 aromatic rings. The molecule has 6 aromatic heterocycles. The van der Waals surface area contributed by atoms with Crippen LogP contribution in [0.5, 0.6) is 0 Å². The summed E-state index contributed by atoms with van der Waals surface area (Å²) in [4.78, 5) is 44.5. The van der Waals surface area contributed by atoms with Gasteiger partial charge in [-0.25, -0.2) is 0 Å². The van der Waals surface area contributed by atoms with Crippen LogP contribution in [-0.4, -0.2) is 40.1 Å². The summed E-state index contributed by atoms with van der Waals surface area (Å²) in [5.74, 6) is 0. The molecule has 0 aliphatic carbocycles. The quantitative estimate of drug-likeness (QED) is 0.0659. The molecule has 0 aliphatic rings. The minimum Gasteiger partial charge on any atom is -0.356 e. The van der Waals surface area contributed by atoms with Crippen molar-refractivity contribution < 1.29 is 26.7 Å². The molecule has 0 saturated carbocycles.